The van der Waals surface area contributed by atoms with Crippen LogP contribution in [0.1, 0.15) is 49.1 Å². The van der Waals surface area contributed by atoms with Gasteiger partial charge in [-0.1, -0.05) is 30.7 Å². The van der Waals surface area contributed by atoms with Crippen LogP contribution in [0.25, 0.3) is 0 Å². The number of rotatable bonds is 4. The van der Waals surface area contributed by atoms with E-state index in [4.69, 9.17) is 0 Å². The molecule has 3 heteroatoms. The van der Waals surface area contributed by atoms with Gasteiger partial charge in [0, 0.05) is 13.1 Å². The molecular formula is C18H23NO2. The first-order chi connectivity index (χ1) is 10.2. The van der Waals surface area contributed by atoms with Crippen molar-refractivity contribution in [3.8, 4) is 0 Å². The van der Waals surface area contributed by atoms with Crippen molar-refractivity contribution in [2.24, 2.45) is 11.8 Å². The molecule has 3 aliphatic rings. The van der Waals surface area contributed by atoms with Gasteiger partial charge >= 0.3 is 5.97 Å². The minimum Gasteiger partial charge on any atom is -0.480 e. The highest BCUT2D eigenvalue weighted by Crippen LogP contribution is 2.45. The molecule has 112 valence electrons. The second kappa shape index (κ2) is 5.13. The molecule has 4 rings (SSSR count). The molecule has 0 radical (unpaired) electrons. The van der Waals surface area contributed by atoms with Crippen LogP contribution in [-0.2, 0) is 11.3 Å². The van der Waals surface area contributed by atoms with Crippen molar-refractivity contribution in [2.45, 2.75) is 50.6 Å². The molecule has 2 aliphatic carbocycles. The normalized spacial score (nSPS) is 32.3. The van der Waals surface area contributed by atoms with Crippen molar-refractivity contribution in [1.82, 2.24) is 4.90 Å². The number of carbonyl (C=O) groups is 1. The number of fused-ring (bicyclic) bond motifs is 1. The van der Waals surface area contributed by atoms with Crippen LogP contribution in [0.3, 0.4) is 0 Å². The van der Waals surface area contributed by atoms with Gasteiger partial charge in [0.05, 0.1) is 0 Å². The molecular weight excluding hydrogens is 262 g/mol. The summed E-state index contributed by atoms with van der Waals surface area (Å²) >= 11 is 0. The predicted molar refractivity (Wildman–Crippen MR) is 81.1 cm³/mol. The van der Waals surface area contributed by atoms with E-state index in [2.05, 4.69) is 29.2 Å². The third-order valence-electron chi connectivity index (χ3n) is 5.68. The molecule has 2 saturated carbocycles. The Kier molecular flexibility index (Phi) is 3.26. The van der Waals surface area contributed by atoms with E-state index >= 15 is 0 Å². The number of aliphatic carboxylic acids is 1. The molecule has 3 unspecified atom stereocenters. The van der Waals surface area contributed by atoms with Crippen LogP contribution in [0.2, 0.25) is 0 Å². The van der Waals surface area contributed by atoms with E-state index in [0.29, 0.717) is 11.8 Å². The zero-order valence-corrected chi connectivity index (χ0v) is 12.4. The lowest BCUT2D eigenvalue weighted by Gasteiger charge is -2.25. The lowest BCUT2D eigenvalue weighted by atomic mass is 9.94. The lowest BCUT2D eigenvalue weighted by molar-refractivity contribution is -0.143. The number of carboxylic acid groups (broad SMARTS) is 1. The molecule has 1 aromatic carbocycles. The molecule has 21 heavy (non-hydrogen) atoms. The molecule has 0 amide bonds. The van der Waals surface area contributed by atoms with E-state index in [9.17, 15) is 9.90 Å². The van der Waals surface area contributed by atoms with E-state index in [1.165, 1.54) is 36.8 Å². The van der Waals surface area contributed by atoms with Crippen molar-refractivity contribution in [3.63, 3.8) is 0 Å². The topological polar surface area (TPSA) is 40.5 Å². The third-order valence-corrected chi connectivity index (χ3v) is 5.68. The van der Waals surface area contributed by atoms with Gasteiger partial charge in [0.25, 0.3) is 0 Å². The smallest absolute Gasteiger partial charge is 0.321 e. The lowest BCUT2D eigenvalue weighted by Crippen LogP contribution is -2.39. The summed E-state index contributed by atoms with van der Waals surface area (Å²) in [5.74, 6) is 1.11. The monoisotopic (exact) mass is 285 g/mol. The predicted octanol–water partition coefficient (Wildman–Crippen LogP) is 3.25. The summed E-state index contributed by atoms with van der Waals surface area (Å²) < 4.78 is 0. The van der Waals surface area contributed by atoms with Crippen LogP contribution in [0.5, 0.6) is 0 Å². The van der Waals surface area contributed by atoms with Crippen molar-refractivity contribution in [3.05, 3.63) is 35.4 Å². The Morgan fingerprint density at radius 1 is 1.19 bits per heavy atom. The highest BCUT2D eigenvalue weighted by molar-refractivity contribution is 5.74. The Morgan fingerprint density at radius 3 is 2.76 bits per heavy atom. The quantitative estimate of drug-likeness (QED) is 0.923. The minimum absolute atomic E-state index is 0.259. The highest BCUT2D eigenvalue weighted by Gasteiger charge is 2.47. The molecule has 1 aliphatic heterocycles. The maximum atomic E-state index is 11.7. The first-order valence-corrected chi connectivity index (χ1v) is 8.28. The molecule has 3 atom stereocenters. The Hall–Kier alpha value is -1.35. The van der Waals surface area contributed by atoms with Crippen molar-refractivity contribution >= 4 is 5.97 Å². The summed E-state index contributed by atoms with van der Waals surface area (Å²) in [7, 11) is 0. The van der Waals surface area contributed by atoms with Crippen LogP contribution in [0, 0.1) is 11.8 Å². The summed E-state index contributed by atoms with van der Waals surface area (Å²) in [5, 5.41) is 9.66. The zero-order chi connectivity index (χ0) is 14.4. The van der Waals surface area contributed by atoms with Gasteiger partial charge in [-0.2, -0.15) is 0 Å². The Bertz CT molecular complexity index is 552. The second-order valence-electron chi connectivity index (χ2n) is 7.04. The molecule has 1 saturated heterocycles. The van der Waals surface area contributed by atoms with Crippen molar-refractivity contribution in [1.29, 1.82) is 0 Å². The number of likely N-dealkylation sites (tertiary alicyclic amines) is 1. The Labute approximate surface area is 126 Å². The van der Waals surface area contributed by atoms with Crippen LogP contribution in [0.4, 0.5) is 0 Å². The van der Waals surface area contributed by atoms with E-state index in [1.54, 1.807) is 0 Å². The van der Waals surface area contributed by atoms with Crippen molar-refractivity contribution < 1.29 is 9.90 Å². The van der Waals surface area contributed by atoms with Crippen molar-refractivity contribution in [2.75, 3.05) is 6.54 Å². The van der Waals surface area contributed by atoms with Gasteiger partial charge in [0.15, 0.2) is 0 Å². The van der Waals surface area contributed by atoms with E-state index in [-0.39, 0.29) is 6.04 Å². The summed E-state index contributed by atoms with van der Waals surface area (Å²) in [6.45, 7) is 1.79. The first-order valence-electron chi connectivity index (χ1n) is 8.28. The molecule has 3 nitrogen and oxygen atoms in total. The second-order valence-corrected chi connectivity index (χ2v) is 7.04. The van der Waals surface area contributed by atoms with Gasteiger partial charge in [-0.15, -0.1) is 0 Å². The van der Waals surface area contributed by atoms with Crippen LogP contribution < -0.4 is 0 Å². The molecule has 1 aromatic rings. The van der Waals surface area contributed by atoms with Gasteiger partial charge in [0.2, 0.25) is 0 Å². The Balaban J connectivity index is 1.57. The number of hydrogen-bond donors (Lipinski definition) is 1. The SMILES string of the molecule is O=C(O)C1C2CCCC2CN1Cc1ccccc1C1CC1. The molecule has 3 fully saturated rings. The van der Waals surface area contributed by atoms with Gasteiger partial charge in [-0.05, 0) is 54.6 Å². The average molecular weight is 285 g/mol. The Morgan fingerprint density at radius 2 is 2.00 bits per heavy atom. The van der Waals surface area contributed by atoms with Gasteiger partial charge in [0.1, 0.15) is 6.04 Å². The fourth-order valence-corrected chi connectivity index (χ4v) is 4.59. The van der Waals surface area contributed by atoms with Gasteiger partial charge < -0.3 is 5.11 Å². The number of carboxylic acids is 1. The van der Waals surface area contributed by atoms with E-state index < -0.39 is 5.97 Å². The van der Waals surface area contributed by atoms with E-state index in [1.807, 2.05) is 0 Å². The number of benzene rings is 1. The van der Waals surface area contributed by atoms with Gasteiger partial charge in [-0.25, -0.2) is 0 Å². The molecule has 0 bridgehead atoms. The van der Waals surface area contributed by atoms with Crippen LogP contribution in [0.15, 0.2) is 24.3 Å². The van der Waals surface area contributed by atoms with Crippen LogP contribution >= 0.6 is 0 Å². The summed E-state index contributed by atoms with van der Waals surface area (Å²) in [4.78, 5) is 14.0. The fourth-order valence-electron chi connectivity index (χ4n) is 4.59. The van der Waals surface area contributed by atoms with E-state index in [0.717, 1.165) is 25.4 Å². The molecule has 1 heterocycles. The minimum atomic E-state index is -0.617. The van der Waals surface area contributed by atoms with Crippen LogP contribution in [-0.4, -0.2) is 28.6 Å². The molecule has 0 spiro atoms. The third kappa shape index (κ3) is 2.38. The average Bonchev–Trinajstić information content (AvgIpc) is 3.11. The van der Waals surface area contributed by atoms with Gasteiger partial charge in [-0.3, -0.25) is 9.69 Å². The number of nitrogens with zero attached hydrogens (tertiary/aromatic N) is 1. The largest absolute Gasteiger partial charge is 0.480 e. The zero-order valence-electron chi connectivity index (χ0n) is 12.4. The summed E-state index contributed by atoms with van der Waals surface area (Å²) in [5.41, 5.74) is 2.81. The fraction of sp³-hybridized carbons (Fsp3) is 0.611. The highest BCUT2D eigenvalue weighted by atomic mass is 16.4. The maximum Gasteiger partial charge on any atom is 0.321 e. The number of hydrogen-bond acceptors (Lipinski definition) is 2. The summed E-state index contributed by atoms with van der Waals surface area (Å²) in [6.07, 6.45) is 6.12. The molecule has 0 aromatic heterocycles. The molecule has 1 N–H and O–H groups in total. The summed E-state index contributed by atoms with van der Waals surface area (Å²) in [6, 6.07) is 8.38. The maximum absolute atomic E-state index is 11.7. The first kappa shape index (κ1) is 13.3. The standard InChI is InChI=1S/C18H23NO2/c20-18(21)17-16-7-3-5-14(16)11-19(17)10-13-4-1-2-6-15(13)12-8-9-12/h1-2,4,6,12,14,16-17H,3,5,7-11H2,(H,20,21).